The van der Waals surface area contributed by atoms with Crippen LogP contribution >= 0.6 is 0 Å². The van der Waals surface area contributed by atoms with Crippen molar-refractivity contribution in [3.8, 4) is 0 Å². The van der Waals surface area contributed by atoms with Crippen LogP contribution in [0.1, 0.15) is 111 Å². The number of benzene rings is 2. The van der Waals surface area contributed by atoms with Crippen molar-refractivity contribution in [1.29, 1.82) is 0 Å². The number of aliphatic carboxylic acids is 3. The van der Waals surface area contributed by atoms with Crippen molar-refractivity contribution < 1.29 is 92.7 Å². The average Bonchev–Trinajstić information content (AvgIpc) is 1.65. The first-order valence-electron chi connectivity index (χ1n) is 33.2. The molecule has 12 atom stereocenters. The van der Waals surface area contributed by atoms with E-state index in [2.05, 4.69) is 78.4 Å². The molecule has 0 aliphatic carbocycles. The highest BCUT2D eigenvalue weighted by Crippen LogP contribution is 2.22. The summed E-state index contributed by atoms with van der Waals surface area (Å²) in [7, 11) is 0. The van der Waals surface area contributed by atoms with Crippen LogP contribution in [0.25, 0.3) is 21.8 Å². The van der Waals surface area contributed by atoms with Gasteiger partial charge >= 0.3 is 17.9 Å². The maximum atomic E-state index is 15.0. The first-order valence-corrected chi connectivity index (χ1v) is 33.2. The summed E-state index contributed by atoms with van der Waals surface area (Å²) in [4.78, 5) is 201. The summed E-state index contributed by atoms with van der Waals surface area (Å²) in [5.41, 5.74) is 8.49. The molecule has 0 saturated heterocycles. The van der Waals surface area contributed by atoms with Crippen LogP contribution < -0.4 is 64.2 Å². The SMILES string of the molecule is CC(C)C[C@H](NC(=O)[C@H](CCC(=O)O)NC(=O)[C@@H](NC(=O)CNC(=O)[C@H](Cc1c[nH]c2ccccc12)NC(=O)[C@H](Cc1c[nH]c2ccccc12)NC(=O)[C@H](CC(C)C)NC(=O)[C@H](CO)NC(=O)[C@H](C)NC(=O)[C@H](CC(C)C)NC(=O)[C@H](Cc1cnc[nH]1)NC(=O)[C@@H](N)CC(=O)O)[C@@H](C)O)C(=O)O. The van der Waals surface area contributed by atoms with Gasteiger partial charge in [-0.25, -0.2) is 9.78 Å². The van der Waals surface area contributed by atoms with Gasteiger partial charge in [-0.05, 0) is 80.5 Å². The van der Waals surface area contributed by atoms with Crippen molar-refractivity contribution >= 4 is 105 Å². The largest absolute Gasteiger partial charge is 0.481 e. The zero-order valence-corrected chi connectivity index (χ0v) is 57.8. The molecule has 0 radical (unpaired) electrons. The monoisotopic (exact) mass is 1430 g/mol. The number of H-pyrrole nitrogens is 3. The lowest BCUT2D eigenvalue weighted by Crippen LogP contribution is -2.61. The van der Waals surface area contributed by atoms with E-state index in [-0.39, 0.29) is 56.3 Å². The van der Waals surface area contributed by atoms with Gasteiger partial charge in [-0.3, -0.25) is 62.3 Å². The minimum absolute atomic E-state index is 0.00812. The van der Waals surface area contributed by atoms with E-state index in [1.165, 1.54) is 19.4 Å². The molecule has 556 valence electrons. The van der Waals surface area contributed by atoms with Crippen molar-refractivity contribution in [2.24, 2.45) is 23.5 Å². The highest BCUT2D eigenvalue weighted by Gasteiger charge is 2.37. The van der Waals surface area contributed by atoms with Crippen molar-refractivity contribution in [3.05, 3.63) is 90.3 Å². The quantitative estimate of drug-likeness (QED) is 0.0194. The molecular formula is C67H94N16O19. The average molecular weight is 1430 g/mol. The number of fused-ring (bicyclic) bond motifs is 2. The van der Waals surface area contributed by atoms with E-state index in [1.807, 2.05) is 0 Å². The van der Waals surface area contributed by atoms with E-state index >= 15 is 4.79 Å². The van der Waals surface area contributed by atoms with E-state index in [9.17, 15) is 87.9 Å². The first kappa shape index (κ1) is 81.9. The highest BCUT2D eigenvalue weighted by atomic mass is 16.4. The first-order chi connectivity index (χ1) is 48.1. The minimum atomic E-state index is -1.83. The fraction of sp³-hybridized carbons (Fsp3) is 0.507. The second kappa shape index (κ2) is 39.3. The van der Waals surface area contributed by atoms with Gasteiger partial charge < -0.3 is 105 Å². The van der Waals surface area contributed by atoms with Crippen molar-refractivity contribution in [2.75, 3.05) is 13.2 Å². The van der Waals surface area contributed by atoms with E-state index < -0.39 is 188 Å². The van der Waals surface area contributed by atoms with Crippen LogP contribution in [0, 0.1) is 17.8 Å². The normalized spacial score (nSPS) is 14.9. The molecule has 0 aliphatic heterocycles. The maximum absolute atomic E-state index is 15.0. The number of aliphatic hydroxyl groups is 2. The Kier molecular flexibility index (Phi) is 31.5. The summed E-state index contributed by atoms with van der Waals surface area (Å²) in [6.45, 7) is 10.8. The predicted octanol–water partition coefficient (Wildman–Crippen LogP) is -2.35. The fourth-order valence-electron chi connectivity index (χ4n) is 10.9. The zero-order chi connectivity index (χ0) is 75.7. The lowest BCUT2D eigenvalue weighted by molar-refractivity contribution is -0.143. The number of hydrogen-bond acceptors (Lipinski definition) is 18. The third kappa shape index (κ3) is 25.7. The Hall–Kier alpha value is -10.8. The Labute approximate surface area is 586 Å². The summed E-state index contributed by atoms with van der Waals surface area (Å²) >= 11 is 0. The highest BCUT2D eigenvalue weighted by molar-refractivity contribution is 6.00. The Morgan fingerprint density at radius 2 is 0.902 bits per heavy atom. The van der Waals surface area contributed by atoms with E-state index in [1.54, 1.807) is 102 Å². The number of carbonyl (C=O) groups excluding carboxylic acids is 11. The summed E-state index contributed by atoms with van der Waals surface area (Å²) in [5, 5.41) is 78.0. The number of aromatic amines is 3. The number of carboxylic acids is 3. The Balaban J connectivity index is 1.35. The number of rotatable bonds is 42. The molecule has 21 N–H and O–H groups in total. The van der Waals surface area contributed by atoms with Crippen LogP contribution in [0.15, 0.2) is 73.4 Å². The molecule has 0 unspecified atom stereocenters. The van der Waals surface area contributed by atoms with E-state index in [0.717, 1.165) is 6.92 Å². The number of imidazole rings is 1. The van der Waals surface area contributed by atoms with Gasteiger partial charge in [-0.1, -0.05) is 77.9 Å². The Morgan fingerprint density at radius 1 is 0.471 bits per heavy atom. The number of carboxylic acid groups (broad SMARTS) is 3. The number of aliphatic hydroxyl groups excluding tert-OH is 2. The standard InChI is InChI=1S/C67H94N16O19/c1-32(2)19-46(77-64(98)50(24-39-28-69-31-73-39)76-58(92)42(68)25-55(89)90)61(95)74-35(7)57(91)82-52(30-84)65(99)78-47(20-33(3)4)62(96)80-49(23-38-27-71-44-16-12-10-14-41(38)44)63(97)79-48(22-37-26-70-43-15-11-9-13-40(37)43)59(93)72-29-53(86)83-56(36(8)85)66(100)75-45(17-18-54(87)88)60(94)81-51(67(101)102)21-34(5)6/h9-16,26-28,31-36,42,45-52,56,70-71,84-85H,17-25,29-30,68H2,1-8H3,(H,69,73)(H,72,93)(H,74,95)(H,75,100)(H,76,92)(H,77,98)(H,78,99)(H,79,97)(H,80,96)(H,81,94)(H,82,91)(H,83,86)(H,87,88)(H,89,90)(H,101,102)/t35-,36+,42-,45-,46-,47-,48-,49-,50-,51-,52-,56-/m0/s1. The Bertz CT molecular complexity index is 3760. The molecule has 0 bridgehead atoms. The molecule has 0 saturated carbocycles. The molecule has 3 heterocycles. The van der Waals surface area contributed by atoms with Gasteiger partial charge in [0.15, 0.2) is 0 Å². The number of nitrogens with one attached hydrogen (secondary N) is 14. The lowest BCUT2D eigenvalue weighted by Gasteiger charge is -2.28. The van der Waals surface area contributed by atoms with Gasteiger partial charge in [0.2, 0.25) is 65.0 Å². The molecule has 35 nitrogen and oxygen atoms in total. The molecule has 0 spiro atoms. The van der Waals surface area contributed by atoms with E-state index in [4.69, 9.17) is 5.73 Å². The Morgan fingerprint density at radius 3 is 1.38 bits per heavy atom. The topological polar surface area (TPSA) is 559 Å². The smallest absolute Gasteiger partial charge is 0.326 e. The number of para-hydroxylation sites is 2. The van der Waals surface area contributed by atoms with Crippen molar-refractivity contribution in [1.82, 2.24) is 78.4 Å². The molecule has 3 aromatic heterocycles. The fourth-order valence-corrected chi connectivity index (χ4v) is 10.9. The number of nitrogens with zero attached hydrogens (tertiary/aromatic N) is 1. The summed E-state index contributed by atoms with van der Waals surface area (Å²) in [5.74, 6) is -15.8. The maximum Gasteiger partial charge on any atom is 0.326 e. The molecule has 35 heteroatoms. The van der Waals surface area contributed by atoms with Gasteiger partial charge in [-0.2, -0.15) is 0 Å². The van der Waals surface area contributed by atoms with Crippen LogP contribution in [-0.4, -0.2) is 214 Å². The van der Waals surface area contributed by atoms with Crippen molar-refractivity contribution in [2.45, 2.75) is 186 Å². The lowest BCUT2D eigenvalue weighted by atomic mass is 9.99. The van der Waals surface area contributed by atoms with E-state index in [0.29, 0.717) is 38.6 Å². The van der Waals surface area contributed by atoms with Crippen LogP contribution in [0.5, 0.6) is 0 Å². The second-order valence-corrected chi connectivity index (χ2v) is 26.2. The van der Waals surface area contributed by atoms with Gasteiger partial charge in [0, 0.05) is 71.8 Å². The minimum Gasteiger partial charge on any atom is -0.481 e. The molecule has 5 aromatic rings. The molecule has 11 amide bonds. The summed E-state index contributed by atoms with van der Waals surface area (Å²) in [6.07, 6.45) is 1.56. The number of carbonyl (C=O) groups is 14. The number of hydrogen-bond donors (Lipinski definition) is 20. The zero-order valence-electron chi connectivity index (χ0n) is 57.8. The summed E-state index contributed by atoms with van der Waals surface area (Å²) < 4.78 is 0. The van der Waals surface area contributed by atoms with Gasteiger partial charge in [0.25, 0.3) is 0 Å². The third-order valence-corrected chi connectivity index (χ3v) is 16.2. The number of amides is 11. The van der Waals surface area contributed by atoms with Crippen LogP contribution in [0.3, 0.4) is 0 Å². The molecule has 102 heavy (non-hydrogen) atoms. The summed E-state index contributed by atoms with van der Waals surface area (Å²) in [6, 6.07) is -2.87. The number of nitrogens with two attached hydrogens (primary N) is 1. The molecular weight excluding hydrogens is 1330 g/mol. The number of aromatic nitrogens is 4. The molecule has 2 aromatic carbocycles. The second-order valence-electron chi connectivity index (χ2n) is 26.2. The molecule has 0 aliphatic rings. The van der Waals surface area contributed by atoms with Crippen LogP contribution in [0.4, 0.5) is 0 Å². The van der Waals surface area contributed by atoms with Crippen LogP contribution in [0.2, 0.25) is 0 Å². The van der Waals surface area contributed by atoms with Crippen molar-refractivity contribution in [3.63, 3.8) is 0 Å². The van der Waals surface area contributed by atoms with Gasteiger partial charge in [-0.15, -0.1) is 0 Å². The van der Waals surface area contributed by atoms with Crippen LogP contribution in [-0.2, 0) is 86.4 Å². The van der Waals surface area contributed by atoms with Gasteiger partial charge in [0.1, 0.15) is 60.4 Å². The predicted molar refractivity (Wildman–Crippen MR) is 366 cm³/mol. The van der Waals surface area contributed by atoms with Gasteiger partial charge in [0.05, 0.1) is 38.0 Å². The third-order valence-electron chi connectivity index (χ3n) is 16.2. The molecule has 0 fully saturated rings. The molecule has 5 rings (SSSR count).